The Balaban J connectivity index is 0.000000139. The minimum Gasteiger partial charge on any atom is -0.357 e. The summed E-state index contributed by atoms with van der Waals surface area (Å²) in [6, 6.07) is 65.0. The summed E-state index contributed by atoms with van der Waals surface area (Å²) in [5.74, 6) is 2.21. The average Bonchev–Trinajstić information content (AvgIpc) is 4.18. The van der Waals surface area contributed by atoms with Gasteiger partial charge >= 0.3 is 17.1 Å². The molecule has 0 amide bonds. The summed E-state index contributed by atoms with van der Waals surface area (Å²) >= 11 is 1.87. The van der Waals surface area contributed by atoms with E-state index in [0.29, 0.717) is 45.9 Å². The third-order valence-electron chi connectivity index (χ3n) is 13.1. The molecule has 0 N–H and O–H groups in total. The molecule has 341 valence electrons. The van der Waals surface area contributed by atoms with Crippen LogP contribution in [0, 0.1) is 20.8 Å². The fraction of sp³-hybridized carbons (Fsp3) is 0.0492. The van der Waals surface area contributed by atoms with E-state index in [0.717, 1.165) is 43.8 Å². The molecule has 8 nitrogen and oxygen atoms in total. The van der Waals surface area contributed by atoms with Crippen LogP contribution in [-0.2, 0) is 17.1 Å². The van der Waals surface area contributed by atoms with Crippen LogP contribution in [0.15, 0.2) is 188 Å². The van der Waals surface area contributed by atoms with Crippen molar-refractivity contribution < 1.29 is 17.1 Å². The van der Waals surface area contributed by atoms with Crippen LogP contribution in [0.2, 0.25) is 0 Å². The molecule has 4 aromatic heterocycles. The quantitative estimate of drug-likeness (QED) is 0.109. The van der Waals surface area contributed by atoms with Gasteiger partial charge in [0.2, 0.25) is 0 Å². The molecule has 10 heteroatoms. The summed E-state index contributed by atoms with van der Waals surface area (Å²) < 4.78 is 0. The standard InChI is InChI=1S/C32H16N8.C22H14.C7H10S.Cu/c1-2-10-18-17(9-1)25-33-26(18)38-28-21-13-5-6-14-22(21)30(35-28)40-32-24-16-8-7-15-23(24)31(36-32)39-29-20-12-4-3-11-19(20)27(34-29)37-25;1-2-6-16-10-20-14-22-12-18-8-4-3-7-17(18)11-21(22)13-19(20)9-15(16)5-1;1-5-4-6(2)8-7(5)3;/h1-16H;1-14H;4H,1-3H3;/q-2;;;+2. The molecular weight excluding hydrogens is 940 g/mol. The number of nitrogens with zero attached hydrogens (tertiary/aromatic N) is 8. The van der Waals surface area contributed by atoms with E-state index < -0.39 is 0 Å². The van der Waals surface area contributed by atoms with E-state index in [1.807, 2.05) is 108 Å². The zero-order valence-corrected chi connectivity index (χ0v) is 40.4. The maximum absolute atomic E-state index is 4.95. The smallest absolute Gasteiger partial charge is 0.357 e. The van der Waals surface area contributed by atoms with Crippen LogP contribution in [-0.4, -0.2) is 29.9 Å². The second kappa shape index (κ2) is 17.8. The zero-order chi connectivity index (χ0) is 46.9. The predicted molar refractivity (Wildman–Crippen MR) is 289 cm³/mol. The van der Waals surface area contributed by atoms with Crippen molar-refractivity contribution in [3.8, 4) is 45.6 Å². The number of aromatic nitrogens is 8. The number of rotatable bonds is 0. The topological polar surface area (TPSA) is 106 Å². The molecule has 0 atom stereocenters. The van der Waals surface area contributed by atoms with Crippen molar-refractivity contribution in [1.29, 1.82) is 0 Å². The van der Waals surface area contributed by atoms with Gasteiger partial charge < -0.3 is 29.9 Å². The van der Waals surface area contributed by atoms with Gasteiger partial charge in [-0.3, -0.25) is 0 Å². The minimum atomic E-state index is 0. The first-order valence-electron chi connectivity index (χ1n) is 23.2. The monoisotopic (exact) mass is 979 g/mol. The molecule has 2 aliphatic heterocycles. The number of fused-ring (bicyclic) bond motifs is 24. The normalized spacial score (nSPS) is 11.5. The van der Waals surface area contributed by atoms with Crippen molar-refractivity contribution in [3.63, 3.8) is 0 Å². The first-order valence-corrected chi connectivity index (χ1v) is 24.1. The van der Waals surface area contributed by atoms with Gasteiger partial charge in [0.15, 0.2) is 0 Å². The number of aryl methyl sites for hydroxylation is 3. The van der Waals surface area contributed by atoms with Gasteiger partial charge in [-0.25, -0.2) is 9.97 Å². The molecule has 0 saturated heterocycles. The number of hydrogen-bond donors (Lipinski definition) is 0. The molecule has 9 aromatic carbocycles. The summed E-state index contributed by atoms with van der Waals surface area (Å²) in [5, 5.41) is 14.0. The van der Waals surface area contributed by atoms with E-state index in [4.69, 9.17) is 39.9 Å². The van der Waals surface area contributed by atoms with Gasteiger partial charge in [-0.15, -0.1) is 11.3 Å². The van der Waals surface area contributed by atoms with Crippen LogP contribution in [0.4, 0.5) is 0 Å². The summed E-state index contributed by atoms with van der Waals surface area (Å²) in [5.41, 5.74) is 7.21. The van der Waals surface area contributed by atoms with Crippen LogP contribution in [0.25, 0.3) is 133 Å². The predicted octanol–water partition coefficient (Wildman–Crippen LogP) is 15.1. The Kier molecular flexibility index (Phi) is 11.0. The molecular formula is C61H40CuN8S. The van der Waals surface area contributed by atoms with E-state index in [2.05, 4.69) is 112 Å². The van der Waals surface area contributed by atoms with Gasteiger partial charge in [-0.1, -0.05) is 146 Å². The van der Waals surface area contributed by atoms with Crippen molar-refractivity contribution >= 4 is 98.6 Å². The maximum atomic E-state index is 4.95. The van der Waals surface area contributed by atoms with Crippen LogP contribution in [0.5, 0.6) is 0 Å². The van der Waals surface area contributed by atoms with Crippen molar-refractivity contribution in [2.75, 3.05) is 0 Å². The Hall–Kier alpha value is -8.40. The molecule has 0 spiro atoms. The molecule has 13 aromatic rings. The van der Waals surface area contributed by atoms with Crippen LogP contribution in [0.3, 0.4) is 0 Å². The SMILES string of the molecule is Cc1cc(C)c(C)s1.[Cu+2].c1ccc2c(c1)-c1nc-2nc2[n-]c(nc3nc(nc4[n-]c(n1)c1ccccc41)-c1ccccc1-3)c1ccccc21.c1ccc2cc3cc4cc5ccccc5cc4cc3cc2c1. The van der Waals surface area contributed by atoms with Gasteiger partial charge in [0.05, 0.1) is 23.3 Å². The molecule has 0 saturated carbocycles. The van der Waals surface area contributed by atoms with Crippen molar-refractivity contribution in [2.45, 2.75) is 20.8 Å². The van der Waals surface area contributed by atoms with Gasteiger partial charge in [0, 0.05) is 54.6 Å². The Labute approximate surface area is 422 Å². The summed E-state index contributed by atoms with van der Waals surface area (Å²) in [6.07, 6.45) is 0. The van der Waals surface area contributed by atoms with Crippen LogP contribution in [0.1, 0.15) is 15.3 Å². The molecule has 8 bridgehead atoms. The number of thiophene rings is 1. The Morgan fingerprint density at radius 1 is 0.310 bits per heavy atom. The van der Waals surface area contributed by atoms with Crippen LogP contribution < -0.4 is 9.97 Å². The fourth-order valence-electron chi connectivity index (χ4n) is 9.60. The Morgan fingerprint density at radius 3 is 0.831 bits per heavy atom. The third-order valence-corrected chi connectivity index (χ3v) is 14.2. The third kappa shape index (κ3) is 7.98. The molecule has 6 heterocycles. The summed E-state index contributed by atoms with van der Waals surface area (Å²) in [6.45, 7) is 6.45. The molecule has 0 unspecified atom stereocenters. The van der Waals surface area contributed by atoms with Crippen molar-refractivity contribution in [2.24, 2.45) is 0 Å². The number of benzene rings is 9. The van der Waals surface area contributed by atoms with E-state index in [9.17, 15) is 0 Å². The van der Waals surface area contributed by atoms with Crippen molar-refractivity contribution in [3.05, 3.63) is 203 Å². The molecule has 71 heavy (non-hydrogen) atoms. The maximum Gasteiger partial charge on any atom is 2.00 e. The first-order chi connectivity index (χ1) is 34.4. The Morgan fingerprint density at radius 2 is 0.577 bits per heavy atom. The molecule has 1 radical (unpaired) electrons. The van der Waals surface area contributed by atoms with Gasteiger partial charge in [0.1, 0.15) is 0 Å². The molecule has 15 rings (SSSR count). The largest absolute Gasteiger partial charge is 2.00 e. The van der Waals surface area contributed by atoms with Crippen molar-refractivity contribution in [1.82, 2.24) is 39.9 Å². The fourth-order valence-corrected chi connectivity index (χ4v) is 10.5. The summed E-state index contributed by atoms with van der Waals surface area (Å²) in [7, 11) is 0. The second-order valence-corrected chi connectivity index (χ2v) is 19.2. The molecule has 0 fully saturated rings. The average molecular weight is 981 g/mol. The number of hydrogen-bond acceptors (Lipinski definition) is 7. The molecule has 2 aliphatic rings. The van der Waals surface area contributed by atoms with Gasteiger partial charge in [-0.2, -0.15) is 0 Å². The van der Waals surface area contributed by atoms with E-state index in [1.54, 1.807) is 0 Å². The van der Waals surface area contributed by atoms with E-state index >= 15 is 0 Å². The molecule has 0 aliphatic carbocycles. The Bertz CT molecular complexity index is 3910. The first kappa shape index (κ1) is 43.9. The second-order valence-electron chi connectivity index (χ2n) is 17.7. The zero-order valence-electron chi connectivity index (χ0n) is 38.7. The summed E-state index contributed by atoms with van der Waals surface area (Å²) in [4.78, 5) is 42.1. The van der Waals surface area contributed by atoms with E-state index in [-0.39, 0.29) is 17.1 Å². The van der Waals surface area contributed by atoms with E-state index in [1.165, 1.54) is 58.4 Å². The minimum absolute atomic E-state index is 0. The van der Waals surface area contributed by atoms with Crippen LogP contribution >= 0.6 is 11.3 Å². The van der Waals surface area contributed by atoms with Gasteiger partial charge in [-0.05, 0) is 133 Å². The van der Waals surface area contributed by atoms with Gasteiger partial charge in [0.25, 0.3) is 0 Å².